The van der Waals surface area contributed by atoms with Crippen LogP contribution in [-0.4, -0.2) is 19.7 Å². The number of fused-ring (bicyclic) bond motifs is 1. The number of nitrogens with zero attached hydrogens (tertiary/aromatic N) is 4. The van der Waals surface area contributed by atoms with Gasteiger partial charge in [-0.25, -0.2) is 4.98 Å². The number of hydrogen-bond donors (Lipinski definition) is 1. The molecule has 0 bridgehead atoms. The lowest BCUT2D eigenvalue weighted by Crippen LogP contribution is -2.44. The summed E-state index contributed by atoms with van der Waals surface area (Å²) >= 11 is 1.53. The van der Waals surface area contributed by atoms with Crippen LogP contribution in [0.25, 0.3) is 10.2 Å². The molecular formula is C15H18ClN5O2S. The van der Waals surface area contributed by atoms with Gasteiger partial charge < -0.3 is 10.3 Å². The predicted molar refractivity (Wildman–Crippen MR) is 93.7 cm³/mol. The lowest BCUT2D eigenvalue weighted by atomic mass is 9.77. The van der Waals surface area contributed by atoms with Crippen molar-refractivity contribution in [2.45, 2.75) is 45.2 Å². The third-order valence-electron chi connectivity index (χ3n) is 4.62. The molecule has 1 aliphatic carbocycles. The summed E-state index contributed by atoms with van der Waals surface area (Å²) in [6.07, 6.45) is 4.35. The SMILES string of the molecule is Cc1sc2ncn(Cc3nc(C4(N)CCC4)no3)c(=O)c2c1C.Cl. The van der Waals surface area contributed by atoms with Crippen LogP contribution in [0.1, 0.15) is 41.4 Å². The van der Waals surface area contributed by atoms with Crippen LogP contribution in [0.2, 0.25) is 0 Å². The Morgan fingerprint density at radius 2 is 2.17 bits per heavy atom. The zero-order valence-corrected chi connectivity index (χ0v) is 15.0. The molecule has 1 fully saturated rings. The number of halogens is 1. The highest BCUT2D eigenvalue weighted by atomic mass is 35.5. The normalized spacial score (nSPS) is 16.0. The van der Waals surface area contributed by atoms with Gasteiger partial charge in [0.05, 0.1) is 17.3 Å². The zero-order valence-electron chi connectivity index (χ0n) is 13.4. The average molecular weight is 368 g/mol. The first kappa shape index (κ1) is 17.1. The Morgan fingerprint density at radius 3 is 2.83 bits per heavy atom. The van der Waals surface area contributed by atoms with Crippen LogP contribution >= 0.6 is 23.7 Å². The van der Waals surface area contributed by atoms with Crippen molar-refractivity contribution in [3.05, 3.63) is 38.8 Å². The van der Waals surface area contributed by atoms with Crippen LogP contribution < -0.4 is 11.3 Å². The Bertz CT molecular complexity index is 957. The quantitative estimate of drug-likeness (QED) is 0.762. The van der Waals surface area contributed by atoms with E-state index in [0.29, 0.717) is 17.1 Å². The van der Waals surface area contributed by atoms with Crippen LogP contribution in [-0.2, 0) is 12.1 Å². The molecule has 0 atom stereocenters. The largest absolute Gasteiger partial charge is 0.337 e. The highest BCUT2D eigenvalue weighted by Gasteiger charge is 2.39. The molecule has 9 heteroatoms. The summed E-state index contributed by atoms with van der Waals surface area (Å²) in [5.41, 5.74) is 6.63. The molecule has 1 saturated carbocycles. The minimum absolute atomic E-state index is 0. The molecule has 3 aromatic heterocycles. The average Bonchev–Trinajstić information content (AvgIpc) is 3.06. The Labute approximate surface area is 148 Å². The summed E-state index contributed by atoms with van der Waals surface area (Å²) in [6.45, 7) is 4.15. The molecule has 0 saturated heterocycles. The van der Waals surface area contributed by atoms with Gasteiger partial charge >= 0.3 is 0 Å². The van der Waals surface area contributed by atoms with E-state index in [1.807, 2.05) is 13.8 Å². The van der Waals surface area contributed by atoms with Crippen molar-refractivity contribution in [3.8, 4) is 0 Å². The van der Waals surface area contributed by atoms with Crippen molar-refractivity contribution >= 4 is 34.0 Å². The van der Waals surface area contributed by atoms with Gasteiger partial charge in [-0.05, 0) is 38.7 Å². The van der Waals surface area contributed by atoms with Crippen molar-refractivity contribution in [2.75, 3.05) is 0 Å². The van der Waals surface area contributed by atoms with E-state index in [1.165, 1.54) is 22.2 Å². The Morgan fingerprint density at radius 1 is 1.42 bits per heavy atom. The van der Waals surface area contributed by atoms with Crippen LogP contribution in [0.4, 0.5) is 0 Å². The molecule has 0 amide bonds. The predicted octanol–water partition coefficient (Wildman–Crippen LogP) is 2.27. The molecule has 24 heavy (non-hydrogen) atoms. The summed E-state index contributed by atoms with van der Waals surface area (Å²) in [6, 6.07) is 0. The smallest absolute Gasteiger partial charge is 0.262 e. The highest BCUT2D eigenvalue weighted by Crippen LogP contribution is 2.36. The number of rotatable bonds is 3. The fraction of sp³-hybridized carbons (Fsp3) is 0.467. The molecular weight excluding hydrogens is 350 g/mol. The van der Waals surface area contributed by atoms with Crippen molar-refractivity contribution in [3.63, 3.8) is 0 Å². The second kappa shape index (κ2) is 5.94. The zero-order chi connectivity index (χ0) is 16.2. The summed E-state index contributed by atoms with van der Waals surface area (Å²) in [5, 5.41) is 4.65. The number of hydrogen-bond acceptors (Lipinski definition) is 7. The number of aryl methyl sites for hydroxylation is 2. The molecule has 0 aliphatic heterocycles. The second-order valence-electron chi connectivity index (χ2n) is 6.16. The van der Waals surface area contributed by atoms with E-state index in [1.54, 1.807) is 0 Å². The maximum absolute atomic E-state index is 12.7. The third kappa shape index (κ3) is 2.54. The Kier molecular flexibility index (Phi) is 4.23. The standard InChI is InChI=1S/C15H17N5O2S.ClH/c1-8-9(2)23-12-11(8)13(21)20(7-17-12)6-10-18-14(19-22-10)15(16)4-3-5-15;/h7H,3-6,16H2,1-2H3;1H. The minimum atomic E-state index is -0.462. The lowest BCUT2D eigenvalue weighted by Gasteiger charge is -2.34. The topological polar surface area (TPSA) is 99.8 Å². The van der Waals surface area contributed by atoms with E-state index in [2.05, 4.69) is 15.1 Å². The molecule has 0 radical (unpaired) electrons. The summed E-state index contributed by atoms with van der Waals surface area (Å²) < 4.78 is 6.77. The van der Waals surface area contributed by atoms with Crippen LogP contribution in [0.5, 0.6) is 0 Å². The molecule has 3 aromatic rings. The van der Waals surface area contributed by atoms with Gasteiger partial charge in [-0.3, -0.25) is 9.36 Å². The van der Waals surface area contributed by atoms with Gasteiger partial charge in [0, 0.05) is 4.88 Å². The summed E-state index contributed by atoms with van der Waals surface area (Å²) in [7, 11) is 0. The molecule has 1 aliphatic rings. The van der Waals surface area contributed by atoms with Gasteiger partial charge in [-0.15, -0.1) is 23.7 Å². The van der Waals surface area contributed by atoms with Crippen LogP contribution in [0.15, 0.2) is 15.6 Å². The summed E-state index contributed by atoms with van der Waals surface area (Å²) in [5.74, 6) is 0.910. The third-order valence-corrected chi connectivity index (χ3v) is 5.74. The van der Waals surface area contributed by atoms with E-state index in [4.69, 9.17) is 10.3 Å². The van der Waals surface area contributed by atoms with Gasteiger partial charge in [-0.1, -0.05) is 5.16 Å². The highest BCUT2D eigenvalue weighted by molar-refractivity contribution is 7.18. The monoisotopic (exact) mass is 367 g/mol. The van der Waals surface area contributed by atoms with Gasteiger partial charge in [0.25, 0.3) is 5.56 Å². The van der Waals surface area contributed by atoms with Crippen LogP contribution in [0.3, 0.4) is 0 Å². The van der Waals surface area contributed by atoms with Crippen molar-refractivity contribution in [1.82, 2.24) is 19.7 Å². The molecule has 128 valence electrons. The van der Waals surface area contributed by atoms with E-state index < -0.39 is 5.54 Å². The number of thiophene rings is 1. The maximum Gasteiger partial charge on any atom is 0.262 e. The number of nitrogens with two attached hydrogens (primary N) is 1. The number of aromatic nitrogens is 4. The Balaban J connectivity index is 0.00000169. The van der Waals surface area contributed by atoms with E-state index >= 15 is 0 Å². The molecule has 0 aromatic carbocycles. The van der Waals surface area contributed by atoms with Crippen molar-refractivity contribution < 1.29 is 4.52 Å². The molecule has 0 unspecified atom stereocenters. The van der Waals surface area contributed by atoms with Gasteiger partial charge in [0.15, 0.2) is 5.82 Å². The first-order valence-electron chi connectivity index (χ1n) is 7.55. The maximum atomic E-state index is 12.7. The lowest BCUT2D eigenvalue weighted by molar-refractivity contribution is 0.228. The van der Waals surface area contributed by atoms with Crippen molar-refractivity contribution in [1.29, 1.82) is 0 Å². The fourth-order valence-corrected chi connectivity index (χ4v) is 3.82. The Hall–Kier alpha value is -1.77. The van der Waals surface area contributed by atoms with Crippen LogP contribution in [0, 0.1) is 13.8 Å². The van der Waals surface area contributed by atoms with E-state index in [0.717, 1.165) is 34.5 Å². The first-order chi connectivity index (χ1) is 11.0. The molecule has 2 N–H and O–H groups in total. The second-order valence-corrected chi connectivity index (χ2v) is 7.37. The van der Waals surface area contributed by atoms with E-state index in [-0.39, 0.29) is 24.5 Å². The molecule has 4 rings (SSSR count). The van der Waals surface area contributed by atoms with Gasteiger partial charge in [0.2, 0.25) is 5.89 Å². The molecule has 3 heterocycles. The first-order valence-corrected chi connectivity index (χ1v) is 8.37. The van der Waals surface area contributed by atoms with Crippen molar-refractivity contribution in [2.24, 2.45) is 5.73 Å². The molecule has 0 spiro atoms. The molecule has 7 nitrogen and oxygen atoms in total. The summed E-state index contributed by atoms with van der Waals surface area (Å²) in [4.78, 5) is 23.3. The minimum Gasteiger partial charge on any atom is -0.337 e. The van der Waals surface area contributed by atoms with E-state index in [9.17, 15) is 4.79 Å². The van der Waals surface area contributed by atoms with Gasteiger partial charge in [0.1, 0.15) is 11.4 Å². The fourth-order valence-electron chi connectivity index (χ4n) is 2.83. The van der Waals surface area contributed by atoms with Gasteiger partial charge in [-0.2, -0.15) is 4.98 Å².